The normalized spacial score (nSPS) is 11.1. The summed E-state index contributed by atoms with van der Waals surface area (Å²) < 4.78 is 0. The Hall–Kier alpha value is -0.860. The average molecular weight is 220 g/mol. The molecule has 0 bridgehead atoms. The van der Waals surface area contributed by atoms with Gasteiger partial charge in [-0.2, -0.15) is 0 Å². The molecule has 0 spiro atoms. The van der Waals surface area contributed by atoms with Gasteiger partial charge in [-0.15, -0.1) is 0 Å². The molecule has 0 saturated carbocycles. The second kappa shape index (κ2) is 6.66. The lowest BCUT2D eigenvalue weighted by atomic mass is 10.0. The lowest BCUT2D eigenvalue weighted by molar-refractivity contribution is 0.335. The highest BCUT2D eigenvalue weighted by molar-refractivity contribution is 5.30. The van der Waals surface area contributed by atoms with Crippen molar-refractivity contribution in [3.8, 4) is 0 Å². The minimum atomic E-state index is 0.786. The Morgan fingerprint density at radius 1 is 1.19 bits per heavy atom. The molecule has 2 heteroatoms. The van der Waals surface area contributed by atoms with Crippen molar-refractivity contribution < 1.29 is 0 Å². The zero-order valence-corrected chi connectivity index (χ0v) is 10.8. The highest BCUT2D eigenvalue weighted by Crippen LogP contribution is 2.11. The van der Waals surface area contributed by atoms with Gasteiger partial charge < -0.3 is 10.6 Å². The van der Waals surface area contributed by atoms with E-state index in [1.807, 2.05) is 0 Å². The van der Waals surface area contributed by atoms with Crippen LogP contribution in [0.3, 0.4) is 0 Å². The van der Waals surface area contributed by atoms with E-state index in [1.54, 1.807) is 0 Å². The maximum atomic E-state index is 5.50. The molecule has 0 aliphatic rings. The number of nitrogens with zero attached hydrogens (tertiary/aromatic N) is 1. The standard InChI is InChI=1S/C14H24N2/c1-12-5-6-13(2)14(11-12)7-10-16(3)9-4-8-15/h5-6,11H,4,7-10,15H2,1-3H3. The molecule has 0 radical (unpaired) electrons. The van der Waals surface area contributed by atoms with Crippen LogP contribution in [0.2, 0.25) is 0 Å². The van der Waals surface area contributed by atoms with Crippen LogP contribution in [-0.2, 0) is 6.42 Å². The summed E-state index contributed by atoms with van der Waals surface area (Å²) in [7, 11) is 2.17. The Morgan fingerprint density at radius 3 is 2.62 bits per heavy atom. The Labute approximate surface area is 99.5 Å². The van der Waals surface area contributed by atoms with Crippen molar-refractivity contribution in [3.63, 3.8) is 0 Å². The van der Waals surface area contributed by atoms with Crippen molar-refractivity contribution in [3.05, 3.63) is 34.9 Å². The molecule has 1 rings (SSSR count). The first-order valence-electron chi connectivity index (χ1n) is 6.08. The van der Waals surface area contributed by atoms with E-state index in [0.29, 0.717) is 0 Å². The van der Waals surface area contributed by atoms with Crippen molar-refractivity contribution >= 4 is 0 Å². The predicted molar refractivity (Wildman–Crippen MR) is 70.8 cm³/mol. The summed E-state index contributed by atoms with van der Waals surface area (Å²) in [6.07, 6.45) is 2.22. The highest BCUT2D eigenvalue weighted by atomic mass is 15.1. The first-order valence-corrected chi connectivity index (χ1v) is 6.08. The largest absolute Gasteiger partial charge is 0.330 e. The summed E-state index contributed by atoms with van der Waals surface area (Å²) in [5.41, 5.74) is 9.73. The van der Waals surface area contributed by atoms with E-state index in [4.69, 9.17) is 5.73 Å². The predicted octanol–water partition coefficient (Wildman–Crippen LogP) is 2.13. The van der Waals surface area contributed by atoms with E-state index in [9.17, 15) is 0 Å². The minimum Gasteiger partial charge on any atom is -0.330 e. The van der Waals surface area contributed by atoms with Gasteiger partial charge in [0.2, 0.25) is 0 Å². The summed E-state index contributed by atoms with van der Waals surface area (Å²) in [6, 6.07) is 6.69. The van der Waals surface area contributed by atoms with Crippen LogP contribution in [0, 0.1) is 13.8 Å². The summed E-state index contributed by atoms with van der Waals surface area (Å²) in [6.45, 7) is 7.34. The molecule has 0 aromatic heterocycles. The molecule has 1 aromatic rings. The molecule has 0 heterocycles. The smallest absolute Gasteiger partial charge is 0.00189 e. The number of likely N-dealkylation sites (N-methyl/N-ethyl adjacent to an activating group) is 1. The monoisotopic (exact) mass is 220 g/mol. The fraction of sp³-hybridized carbons (Fsp3) is 0.571. The van der Waals surface area contributed by atoms with Gasteiger partial charge in [0.15, 0.2) is 0 Å². The molecule has 0 amide bonds. The summed E-state index contributed by atoms with van der Waals surface area (Å²) in [5.74, 6) is 0. The van der Waals surface area contributed by atoms with Crippen LogP contribution in [0.15, 0.2) is 18.2 Å². The van der Waals surface area contributed by atoms with Gasteiger partial charge in [0.25, 0.3) is 0 Å². The fourth-order valence-electron chi connectivity index (χ4n) is 1.85. The third-order valence-electron chi connectivity index (χ3n) is 3.01. The van der Waals surface area contributed by atoms with Crippen LogP contribution in [0.1, 0.15) is 23.1 Å². The van der Waals surface area contributed by atoms with E-state index < -0.39 is 0 Å². The first kappa shape index (κ1) is 13.2. The Balaban J connectivity index is 2.44. The third-order valence-corrected chi connectivity index (χ3v) is 3.01. The maximum absolute atomic E-state index is 5.50. The van der Waals surface area contributed by atoms with Crippen LogP contribution >= 0.6 is 0 Å². The van der Waals surface area contributed by atoms with Crippen LogP contribution < -0.4 is 5.73 Å². The van der Waals surface area contributed by atoms with Crippen molar-refractivity contribution in [2.75, 3.05) is 26.7 Å². The third kappa shape index (κ3) is 4.33. The average Bonchev–Trinajstić information content (AvgIpc) is 2.27. The molecule has 90 valence electrons. The molecule has 0 fully saturated rings. The fourth-order valence-corrected chi connectivity index (χ4v) is 1.85. The van der Waals surface area contributed by atoms with E-state index in [0.717, 1.165) is 32.5 Å². The quantitative estimate of drug-likeness (QED) is 0.796. The summed E-state index contributed by atoms with van der Waals surface area (Å²) >= 11 is 0. The Bertz CT molecular complexity index is 321. The second-order valence-electron chi connectivity index (χ2n) is 4.63. The molecule has 0 aliphatic heterocycles. The number of hydrogen-bond acceptors (Lipinski definition) is 2. The van der Waals surface area contributed by atoms with E-state index >= 15 is 0 Å². The maximum Gasteiger partial charge on any atom is 0.00189 e. The van der Waals surface area contributed by atoms with Gasteiger partial charge in [-0.3, -0.25) is 0 Å². The molecule has 1 aromatic carbocycles. The minimum absolute atomic E-state index is 0.786. The van der Waals surface area contributed by atoms with Crippen molar-refractivity contribution in [1.29, 1.82) is 0 Å². The number of aryl methyl sites for hydroxylation is 2. The van der Waals surface area contributed by atoms with Gasteiger partial charge in [0.05, 0.1) is 0 Å². The molecular weight excluding hydrogens is 196 g/mol. The van der Waals surface area contributed by atoms with Gasteiger partial charge in [0, 0.05) is 6.54 Å². The van der Waals surface area contributed by atoms with Gasteiger partial charge in [-0.25, -0.2) is 0 Å². The molecule has 2 nitrogen and oxygen atoms in total. The molecule has 0 aliphatic carbocycles. The lowest BCUT2D eigenvalue weighted by Gasteiger charge is -2.16. The van der Waals surface area contributed by atoms with Gasteiger partial charge in [0.1, 0.15) is 0 Å². The van der Waals surface area contributed by atoms with E-state index in [1.165, 1.54) is 16.7 Å². The molecule has 0 saturated heterocycles. The number of benzene rings is 1. The first-order chi connectivity index (χ1) is 7.63. The highest BCUT2D eigenvalue weighted by Gasteiger charge is 2.02. The summed E-state index contributed by atoms with van der Waals surface area (Å²) in [4.78, 5) is 2.36. The number of rotatable bonds is 6. The number of nitrogens with two attached hydrogens (primary N) is 1. The van der Waals surface area contributed by atoms with Gasteiger partial charge in [-0.05, 0) is 58.0 Å². The molecule has 0 unspecified atom stereocenters. The molecule has 0 atom stereocenters. The molecule has 16 heavy (non-hydrogen) atoms. The van der Waals surface area contributed by atoms with E-state index in [-0.39, 0.29) is 0 Å². The van der Waals surface area contributed by atoms with Gasteiger partial charge >= 0.3 is 0 Å². The molecule has 2 N–H and O–H groups in total. The lowest BCUT2D eigenvalue weighted by Crippen LogP contribution is -2.24. The zero-order chi connectivity index (χ0) is 12.0. The summed E-state index contributed by atoms with van der Waals surface area (Å²) in [5, 5.41) is 0. The SMILES string of the molecule is Cc1ccc(C)c(CCN(C)CCCN)c1. The van der Waals surface area contributed by atoms with Crippen molar-refractivity contribution in [2.45, 2.75) is 26.7 Å². The zero-order valence-electron chi connectivity index (χ0n) is 10.8. The number of hydrogen-bond donors (Lipinski definition) is 1. The van der Waals surface area contributed by atoms with Crippen LogP contribution in [-0.4, -0.2) is 31.6 Å². The van der Waals surface area contributed by atoms with Crippen LogP contribution in [0.5, 0.6) is 0 Å². The molecular formula is C14H24N2. The Morgan fingerprint density at radius 2 is 1.94 bits per heavy atom. The van der Waals surface area contributed by atoms with Crippen LogP contribution in [0.4, 0.5) is 0 Å². The van der Waals surface area contributed by atoms with Gasteiger partial charge in [-0.1, -0.05) is 23.8 Å². The topological polar surface area (TPSA) is 29.3 Å². The van der Waals surface area contributed by atoms with Crippen LogP contribution in [0.25, 0.3) is 0 Å². The van der Waals surface area contributed by atoms with E-state index in [2.05, 4.69) is 44.0 Å². The van der Waals surface area contributed by atoms with Crippen molar-refractivity contribution in [1.82, 2.24) is 4.90 Å². The van der Waals surface area contributed by atoms with Crippen molar-refractivity contribution in [2.24, 2.45) is 5.73 Å². The Kier molecular flexibility index (Phi) is 5.50. The second-order valence-corrected chi connectivity index (χ2v) is 4.63.